The Labute approximate surface area is 111 Å². The van der Waals surface area contributed by atoms with E-state index in [0.717, 1.165) is 5.69 Å². The minimum Gasteiger partial charge on any atom is -0.271 e. The predicted molar refractivity (Wildman–Crippen MR) is 70.6 cm³/mol. The lowest BCUT2D eigenvalue weighted by molar-refractivity contribution is 0.504. The van der Waals surface area contributed by atoms with E-state index < -0.39 is 0 Å². The molecule has 19 heavy (non-hydrogen) atoms. The molecule has 2 rings (SSSR count). The van der Waals surface area contributed by atoms with Gasteiger partial charge in [0.15, 0.2) is 0 Å². The highest BCUT2D eigenvalue weighted by atomic mass is 19.1. The van der Waals surface area contributed by atoms with E-state index in [2.05, 4.69) is 29.4 Å². The molecule has 0 spiro atoms. The van der Waals surface area contributed by atoms with Crippen LogP contribution in [-0.4, -0.2) is 14.8 Å². The zero-order valence-corrected chi connectivity index (χ0v) is 11.0. The highest BCUT2D eigenvalue weighted by molar-refractivity contribution is 5.17. The van der Waals surface area contributed by atoms with E-state index in [1.807, 2.05) is 16.9 Å². The summed E-state index contributed by atoms with van der Waals surface area (Å²) in [7, 11) is 0. The van der Waals surface area contributed by atoms with E-state index in [1.165, 1.54) is 12.3 Å². The average molecular weight is 263 g/mol. The molecule has 2 aromatic rings. The van der Waals surface area contributed by atoms with Gasteiger partial charge in [-0.2, -0.15) is 5.10 Å². The van der Waals surface area contributed by atoms with Crippen molar-refractivity contribution >= 4 is 0 Å². The van der Waals surface area contributed by atoms with Crippen LogP contribution >= 0.6 is 0 Å². The number of hydrogen-bond acceptors (Lipinski definition) is 4. The molecule has 1 unspecified atom stereocenters. The second kappa shape index (κ2) is 5.90. The van der Waals surface area contributed by atoms with Gasteiger partial charge in [0.05, 0.1) is 17.9 Å². The van der Waals surface area contributed by atoms with Crippen molar-refractivity contribution in [3.63, 3.8) is 0 Å². The zero-order chi connectivity index (χ0) is 13.8. The van der Waals surface area contributed by atoms with Crippen LogP contribution in [0.4, 0.5) is 4.39 Å². The first kappa shape index (κ1) is 13.6. The van der Waals surface area contributed by atoms with Gasteiger partial charge in [-0.15, -0.1) is 0 Å². The number of nitrogens with zero attached hydrogens (tertiary/aromatic N) is 3. The molecule has 1 atom stereocenters. The Morgan fingerprint density at radius 1 is 1.42 bits per heavy atom. The Hall–Kier alpha value is -1.79. The molecule has 0 aliphatic carbocycles. The standard InChI is InChI=1S/C13H18FN5/c1-9(2)19-4-3-12(18-19)6-13(17-15)10-5-11(14)8-16-7-10/h3-5,7-9,13,17H,6,15H2,1-2H3. The van der Waals surface area contributed by atoms with Crippen LogP contribution in [0.1, 0.15) is 37.2 Å². The van der Waals surface area contributed by atoms with Gasteiger partial charge in [-0.3, -0.25) is 20.9 Å². The molecule has 0 saturated carbocycles. The fourth-order valence-electron chi connectivity index (χ4n) is 1.87. The van der Waals surface area contributed by atoms with Crippen LogP contribution in [-0.2, 0) is 6.42 Å². The van der Waals surface area contributed by atoms with Crippen molar-refractivity contribution in [3.8, 4) is 0 Å². The second-order valence-electron chi connectivity index (χ2n) is 4.74. The Bertz CT molecular complexity index is 537. The first-order valence-electron chi connectivity index (χ1n) is 6.20. The van der Waals surface area contributed by atoms with Crippen LogP contribution in [0, 0.1) is 5.82 Å². The van der Waals surface area contributed by atoms with Crippen LogP contribution in [0.5, 0.6) is 0 Å². The largest absolute Gasteiger partial charge is 0.271 e. The summed E-state index contributed by atoms with van der Waals surface area (Å²) < 4.78 is 15.0. The summed E-state index contributed by atoms with van der Waals surface area (Å²) in [5.74, 6) is 5.16. The summed E-state index contributed by atoms with van der Waals surface area (Å²) in [5, 5.41) is 4.45. The quantitative estimate of drug-likeness (QED) is 0.637. The number of halogens is 1. The topological polar surface area (TPSA) is 68.8 Å². The first-order chi connectivity index (χ1) is 9.10. The highest BCUT2D eigenvalue weighted by Gasteiger charge is 2.14. The lowest BCUT2D eigenvalue weighted by Crippen LogP contribution is -2.30. The van der Waals surface area contributed by atoms with Gasteiger partial charge in [0, 0.05) is 24.9 Å². The minimum atomic E-state index is -0.370. The Morgan fingerprint density at radius 2 is 2.21 bits per heavy atom. The van der Waals surface area contributed by atoms with Crippen molar-refractivity contribution in [1.82, 2.24) is 20.2 Å². The van der Waals surface area contributed by atoms with Crippen molar-refractivity contribution in [1.29, 1.82) is 0 Å². The Kier molecular flexibility index (Phi) is 4.24. The maximum atomic E-state index is 13.2. The number of aromatic nitrogens is 3. The van der Waals surface area contributed by atoms with Gasteiger partial charge in [0.25, 0.3) is 0 Å². The third kappa shape index (κ3) is 3.36. The van der Waals surface area contributed by atoms with Crippen molar-refractivity contribution < 1.29 is 4.39 Å². The number of nitrogens with one attached hydrogen (secondary N) is 1. The molecule has 5 nitrogen and oxygen atoms in total. The average Bonchev–Trinajstić information content (AvgIpc) is 2.84. The summed E-state index contributed by atoms with van der Waals surface area (Å²) >= 11 is 0. The van der Waals surface area contributed by atoms with Crippen LogP contribution in [0.2, 0.25) is 0 Å². The van der Waals surface area contributed by atoms with Crippen LogP contribution in [0.15, 0.2) is 30.7 Å². The van der Waals surface area contributed by atoms with E-state index in [4.69, 9.17) is 5.84 Å². The minimum absolute atomic E-state index is 0.210. The summed E-state index contributed by atoms with van der Waals surface area (Å²) in [6.45, 7) is 4.12. The summed E-state index contributed by atoms with van der Waals surface area (Å²) in [6.07, 6.45) is 5.29. The summed E-state index contributed by atoms with van der Waals surface area (Å²) in [4.78, 5) is 3.83. The molecule has 3 N–H and O–H groups in total. The number of pyridine rings is 1. The number of hydrazine groups is 1. The fraction of sp³-hybridized carbons (Fsp3) is 0.385. The predicted octanol–water partition coefficient (Wildman–Crippen LogP) is 1.75. The van der Waals surface area contributed by atoms with Gasteiger partial charge in [-0.05, 0) is 31.5 Å². The van der Waals surface area contributed by atoms with Crippen molar-refractivity contribution in [2.45, 2.75) is 32.4 Å². The van der Waals surface area contributed by atoms with Crippen LogP contribution in [0.3, 0.4) is 0 Å². The van der Waals surface area contributed by atoms with E-state index in [0.29, 0.717) is 18.0 Å². The summed E-state index contributed by atoms with van der Waals surface area (Å²) in [5.41, 5.74) is 4.29. The number of hydrogen-bond donors (Lipinski definition) is 2. The highest BCUT2D eigenvalue weighted by Crippen LogP contribution is 2.17. The third-order valence-electron chi connectivity index (χ3n) is 2.94. The molecule has 2 heterocycles. The van der Waals surface area contributed by atoms with Crippen LogP contribution in [0.25, 0.3) is 0 Å². The van der Waals surface area contributed by atoms with Gasteiger partial charge >= 0.3 is 0 Å². The maximum absolute atomic E-state index is 13.2. The molecule has 0 bridgehead atoms. The lowest BCUT2D eigenvalue weighted by Gasteiger charge is -2.14. The molecule has 0 aliphatic heterocycles. The van der Waals surface area contributed by atoms with E-state index in [1.54, 1.807) is 6.20 Å². The Morgan fingerprint density at radius 3 is 2.79 bits per heavy atom. The Balaban J connectivity index is 2.14. The molecular formula is C13H18FN5. The maximum Gasteiger partial charge on any atom is 0.141 e. The van der Waals surface area contributed by atoms with E-state index >= 15 is 0 Å². The van der Waals surface area contributed by atoms with Crippen molar-refractivity contribution in [2.75, 3.05) is 0 Å². The third-order valence-corrected chi connectivity index (χ3v) is 2.94. The molecular weight excluding hydrogens is 245 g/mol. The molecule has 0 amide bonds. The van der Waals surface area contributed by atoms with Crippen LogP contribution < -0.4 is 11.3 Å². The molecule has 0 saturated heterocycles. The van der Waals surface area contributed by atoms with Gasteiger partial charge in [0.1, 0.15) is 5.82 Å². The monoisotopic (exact) mass is 263 g/mol. The normalized spacial score (nSPS) is 12.9. The molecule has 0 fully saturated rings. The van der Waals surface area contributed by atoms with Gasteiger partial charge < -0.3 is 0 Å². The summed E-state index contributed by atoms with van der Waals surface area (Å²) in [6, 6.07) is 3.47. The molecule has 2 aromatic heterocycles. The zero-order valence-electron chi connectivity index (χ0n) is 11.0. The van der Waals surface area contributed by atoms with E-state index in [-0.39, 0.29) is 11.9 Å². The smallest absolute Gasteiger partial charge is 0.141 e. The van der Waals surface area contributed by atoms with Gasteiger partial charge in [-0.1, -0.05) is 0 Å². The van der Waals surface area contributed by atoms with Crippen molar-refractivity contribution in [2.24, 2.45) is 5.84 Å². The molecule has 0 radical (unpaired) electrons. The van der Waals surface area contributed by atoms with E-state index in [9.17, 15) is 4.39 Å². The number of nitrogens with two attached hydrogens (primary N) is 1. The number of rotatable bonds is 5. The first-order valence-corrected chi connectivity index (χ1v) is 6.20. The molecule has 6 heteroatoms. The molecule has 0 aromatic carbocycles. The lowest BCUT2D eigenvalue weighted by atomic mass is 10.0. The SMILES string of the molecule is CC(C)n1ccc(CC(NN)c2cncc(F)c2)n1. The van der Waals surface area contributed by atoms with Gasteiger partial charge in [0.2, 0.25) is 0 Å². The van der Waals surface area contributed by atoms with Crippen molar-refractivity contribution in [3.05, 3.63) is 47.8 Å². The fourth-order valence-corrected chi connectivity index (χ4v) is 1.87. The molecule has 102 valence electrons. The molecule has 0 aliphatic rings. The van der Waals surface area contributed by atoms with Gasteiger partial charge in [-0.25, -0.2) is 4.39 Å². The second-order valence-corrected chi connectivity index (χ2v) is 4.74.